The first-order chi connectivity index (χ1) is 20.2. The van der Waals surface area contributed by atoms with E-state index in [1.807, 2.05) is 7.05 Å². The number of aliphatic hydroxyl groups is 2. The summed E-state index contributed by atoms with van der Waals surface area (Å²) in [5, 5.41) is 50.7. The number of carbonyl (C=O) groups excluding carboxylic acids is 3. The molecule has 7 atom stereocenters. The van der Waals surface area contributed by atoms with Gasteiger partial charge >= 0.3 is 29.8 Å². The first kappa shape index (κ1) is 30.3. The van der Waals surface area contributed by atoms with Crippen molar-refractivity contribution in [2.75, 3.05) is 13.6 Å². The van der Waals surface area contributed by atoms with Crippen LogP contribution < -0.4 is 4.74 Å². The van der Waals surface area contributed by atoms with E-state index in [1.165, 1.54) is 12.1 Å². The third kappa shape index (κ3) is 4.86. The van der Waals surface area contributed by atoms with Gasteiger partial charge in [-0.2, -0.15) is 0 Å². The van der Waals surface area contributed by atoms with Gasteiger partial charge in [0.15, 0.2) is 29.8 Å². The maximum Gasteiger partial charge on any atom is 0.348 e. The molecule has 1 spiro atoms. The molecule has 43 heavy (non-hydrogen) atoms. The Labute approximate surface area is 244 Å². The van der Waals surface area contributed by atoms with E-state index in [0.717, 1.165) is 12.5 Å². The quantitative estimate of drug-likeness (QED) is 0.165. The van der Waals surface area contributed by atoms with Gasteiger partial charge in [0.25, 0.3) is 0 Å². The summed E-state index contributed by atoms with van der Waals surface area (Å²) in [6.45, 7) is 1.62. The van der Waals surface area contributed by atoms with Gasteiger partial charge in [0, 0.05) is 18.0 Å². The Kier molecular flexibility index (Phi) is 7.61. The standard InChI is InChI=1S/C28H31NO14/c1-12(25(37)42-17(24(35)36)11-19(32)33)40-26(38)15(31)10-20(34)41-16-5-6-28(39)18-9-13-3-4-14(30)22-21(13)27(28,23(16)43-22)7-8-29(18)2/h3-5,12,15,17-18,23,30-31,39H,6-11H2,1-2H3,(H,32,33)(H,35,36)/t12-,15-,17+,18+,23-,27-,28+/m0/s1. The Balaban J connectivity index is 1.26. The van der Waals surface area contributed by atoms with Crippen LogP contribution in [0.15, 0.2) is 24.0 Å². The fourth-order valence-corrected chi connectivity index (χ4v) is 6.73. The fourth-order valence-electron chi connectivity index (χ4n) is 6.73. The van der Waals surface area contributed by atoms with Crippen LogP contribution in [0.3, 0.4) is 0 Å². The van der Waals surface area contributed by atoms with Crippen molar-refractivity contribution < 1.29 is 68.5 Å². The molecule has 1 saturated heterocycles. The Morgan fingerprint density at radius 2 is 1.84 bits per heavy atom. The van der Waals surface area contributed by atoms with E-state index in [1.54, 1.807) is 6.07 Å². The second-order valence-corrected chi connectivity index (χ2v) is 11.2. The van der Waals surface area contributed by atoms with Crippen LogP contribution in [0.25, 0.3) is 0 Å². The molecule has 1 fully saturated rings. The van der Waals surface area contributed by atoms with Crippen LogP contribution in [0.2, 0.25) is 0 Å². The van der Waals surface area contributed by atoms with Crippen LogP contribution in [0.5, 0.6) is 11.5 Å². The number of nitrogens with zero attached hydrogens (tertiary/aromatic N) is 1. The van der Waals surface area contributed by atoms with E-state index < -0.39 is 78.1 Å². The summed E-state index contributed by atoms with van der Waals surface area (Å²) in [5.74, 6) is -6.96. The summed E-state index contributed by atoms with van der Waals surface area (Å²) in [4.78, 5) is 61.3. The molecule has 15 heteroatoms. The maximum atomic E-state index is 12.8. The van der Waals surface area contributed by atoms with Gasteiger partial charge in [-0.1, -0.05) is 6.07 Å². The Hall–Kier alpha value is -4.21. The molecule has 0 amide bonds. The van der Waals surface area contributed by atoms with Crippen LogP contribution in [-0.2, 0) is 50.0 Å². The van der Waals surface area contributed by atoms with E-state index in [2.05, 4.69) is 9.64 Å². The number of phenols is 1. The number of carboxylic acid groups (broad SMARTS) is 2. The predicted molar refractivity (Wildman–Crippen MR) is 139 cm³/mol. The highest BCUT2D eigenvalue weighted by atomic mass is 16.6. The summed E-state index contributed by atoms with van der Waals surface area (Å²) in [7, 11) is 1.92. The average Bonchev–Trinajstić information content (AvgIpc) is 3.29. The zero-order valence-corrected chi connectivity index (χ0v) is 23.2. The number of likely N-dealkylation sites (N-methyl/N-ethyl adjacent to an activating group) is 1. The van der Waals surface area contributed by atoms with E-state index in [4.69, 9.17) is 24.4 Å². The first-order valence-corrected chi connectivity index (χ1v) is 13.6. The molecular formula is C28H31NO14. The summed E-state index contributed by atoms with van der Waals surface area (Å²) in [6.07, 6.45) is -6.13. The molecule has 1 aromatic carbocycles. The van der Waals surface area contributed by atoms with Crippen molar-refractivity contribution >= 4 is 29.8 Å². The molecule has 1 aromatic rings. The lowest BCUT2D eigenvalue weighted by Gasteiger charge is -2.61. The highest BCUT2D eigenvalue weighted by molar-refractivity contribution is 5.87. The van der Waals surface area contributed by atoms with Gasteiger partial charge in [-0.3, -0.25) is 9.59 Å². The summed E-state index contributed by atoms with van der Waals surface area (Å²) in [6, 6.07) is 3.05. The zero-order valence-electron chi connectivity index (χ0n) is 23.2. The topological polar surface area (TPSA) is 227 Å². The number of aliphatic hydroxyl groups excluding tert-OH is 1. The molecule has 2 bridgehead atoms. The van der Waals surface area contributed by atoms with Crippen LogP contribution in [0, 0.1) is 0 Å². The predicted octanol–water partition coefficient (Wildman–Crippen LogP) is -0.633. The third-order valence-electron chi connectivity index (χ3n) is 8.74. The Bertz CT molecular complexity index is 1420. The molecule has 0 unspecified atom stereocenters. The van der Waals surface area contributed by atoms with Crippen molar-refractivity contribution in [1.29, 1.82) is 0 Å². The fraction of sp³-hybridized carbons (Fsp3) is 0.536. The van der Waals surface area contributed by atoms with Crippen molar-refractivity contribution in [3.8, 4) is 11.5 Å². The number of phenolic OH excluding ortho intramolecular Hbond substituents is 1. The number of carboxylic acids is 2. The van der Waals surface area contributed by atoms with Gasteiger partial charge in [-0.25, -0.2) is 14.4 Å². The van der Waals surface area contributed by atoms with E-state index in [-0.39, 0.29) is 29.7 Å². The molecule has 15 nitrogen and oxygen atoms in total. The van der Waals surface area contributed by atoms with Crippen LogP contribution in [-0.4, -0.2) is 110 Å². The third-order valence-corrected chi connectivity index (χ3v) is 8.74. The number of likely N-dealkylation sites (tertiary alicyclic amines) is 1. The summed E-state index contributed by atoms with van der Waals surface area (Å²) < 4.78 is 21.0. The highest BCUT2D eigenvalue weighted by Gasteiger charge is 2.72. The number of hydrogen-bond acceptors (Lipinski definition) is 13. The molecule has 0 aromatic heterocycles. The maximum absolute atomic E-state index is 12.8. The molecule has 232 valence electrons. The summed E-state index contributed by atoms with van der Waals surface area (Å²) in [5.41, 5.74) is -0.709. The molecule has 2 heterocycles. The van der Waals surface area contributed by atoms with Gasteiger partial charge < -0.3 is 49.4 Å². The number of aliphatic carboxylic acids is 2. The second kappa shape index (κ2) is 10.8. The Morgan fingerprint density at radius 1 is 1.12 bits per heavy atom. The Morgan fingerprint density at radius 3 is 2.51 bits per heavy atom. The summed E-state index contributed by atoms with van der Waals surface area (Å²) >= 11 is 0. The van der Waals surface area contributed by atoms with Gasteiger partial charge in [0.1, 0.15) is 5.76 Å². The molecule has 0 saturated carbocycles. The van der Waals surface area contributed by atoms with Gasteiger partial charge in [0.05, 0.1) is 23.9 Å². The first-order valence-electron chi connectivity index (χ1n) is 13.6. The lowest BCUT2D eigenvalue weighted by molar-refractivity contribution is -0.181. The van der Waals surface area contributed by atoms with Crippen molar-refractivity contribution in [3.05, 3.63) is 35.1 Å². The second-order valence-electron chi connectivity index (χ2n) is 11.2. The molecular weight excluding hydrogens is 574 g/mol. The van der Waals surface area contributed by atoms with Crippen molar-refractivity contribution in [3.63, 3.8) is 0 Å². The van der Waals surface area contributed by atoms with Crippen LogP contribution in [0.4, 0.5) is 0 Å². The molecule has 5 N–H and O–H groups in total. The van der Waals surface area contributed by atoms with E-state index in [9.17, 15) is 39.3 Å². The molecule has 5 rings (SSSR count). The zero-order chi connectivity index (χ0) is 31.4. The normalized spacial score (nSPS) is 28.7. The average molecular weight is 606 g/mol. The molecule has 4 aliphatic rings. The molecule has 2 aliphatic heterocycles. The lowest BCUT2D eigenvalue weighted by atomic mass is 9.50. The van der Waals surface area contributed by atoms with Crippen molar-refractivity contribution in [1.82, 2.24) is 4.90 Å². The van der Waals surface area contributed by atoms with Gasteiger partial charge in [-0.15, -0.1) is 0 Å². The number of hydrogen-bond donors (Lipinski definition) is 5. The largest absolute Gasteiger partial charge is 0.504 e. The monoisotopic (exact) mass is 605 g/mol. The highest BCUT2D eigenvalue weighted by Crippen LogP contribution is 2.65. The van der Waals surface area contributed by atoms with Gasteiger partial charge in [0.2, 0.25) is 6.10 Å². The number of carbonyl (C=O) groups is 5. The van der Waals surface area contributed by atoms with Crippen molar-refractivity contribution in [2.24, 2.45) is 0 Å². The van der Waals surface area contributed by atoms with Crippen LogP contribution >= 0.6 is 0 Å². The molecule has 0 radical (unpaired) electrons. The number of esters is 3. The van der Waals surface area contributed by atoms with E-state index in [0.29, 0.717) is 24.9 Å². The lowest BCUT2D eigenvalue weighted by Crippen LogP contribution is -2.74. The number of rotatable bonds is 10. The minimum Gasteiger partial charge on any atom is -0.504 e. The van der Waals surface area contributed by atoms with Crippen molar-refractivity contribution in [2.45, 2.75) is 80.5 Å². The van der Waals surface area contributed by atoms with Crippen LogP contribution in [0.1, 0.15) is 43.7 Å². The minimum absolute atomic E-state index is 0.0529. The van der Waals surface area contributed by atoms with Gasteiger partial charge in [-0.05, 0) is 51.1 Å². The number of ether oxygens (including phenoxy) is 4. The number of aromatic hydroxyl groups is 1. The van der Waals surface area contributed by atoms with E-state index >= 15 is 0 Å². The molecule has 2 aliphatic carbocycles. The number of benzene rings is 1. The number of piperidine rings is 1. The SMILES string of the molecule is C[C@H](OC(=O)[C@@H](O)CC(=O)OC1=CC[C@@]2(O)[C@H]3Cc4ccc(O)c5c4[C@@]2(CCN3C)[C@H]1O5)C(=O)O[C@H](CC(=O)O)C(=O)O. The smallest absolute Gasteiger partial charge is 0.348 e. The minimum atomic E-state index is -2.09.